The first kappa shape index (κ1) is 14.8. The zero-order chi connectivity index (χ0) is 16.1. The number of benzene rings is 4. The van der Waals surface area contributed by atoms with Crippen molar-refractivity contribution < 1.29 is 9.90 Å². The van der Waals surface area contributed by atoms with Gasteiger partial charge in [-0.05, 0) is 33.7 Å². The van der Waals surface area contributed by atoms with Crippen LogP contribution in [-0.2, 0) is 0 Å². The van der Waals surface area contributed by atoms with E-state index >= 15 is 0 Å². The van der Waals surface area contributed by atoms with E-state index < -0.39 is 5.97 Å². The molecule has 0 unspecified atom stereocenters. The van der Waals surface area contributed by atoms with Crippen LogP contribution in [0.15, 0.2) is 91.0 Å². The number of aromatic carboxylic acids is 1. The molecule has 0 aliphatic rings. The van der Waals surface area contributed by atoms with Crippen molar-refractivity contribution in [3.05, 3.63) is 96.6 Å². The molecule has 4 aromatic rings. The van der Waals surface area contributed by atoms with Gasteiger partial charge in [0.2, 0.25) is 0 Å². The van der Waals surface area contributed by atoms with Crippen LogP contribution in [0.4, 0.5) is 0 Å². The standard InChI is InChI=1S/C11H8O2.C10H8/c12-11(13)10-6-5-8-3-1-2-4-9(8)7-10;1-2-6-10-8-4-3-7-9(10)5-1/h1-7H,(H,12,13);1-8H. The van der Waals surface area contributed by atoms with Crippen molar-refractivity contribution in [2.45, 2.75) is 0 Å². The molecule has 0 saturated carbocycles. The number of hydrogen-bond donors (Lipinski definition) is 1. The van der Waals surface area contributed by atoms with Gasteiger partial charge in [0.1, 0.15) is 0 Å². The molecule has 0 aromatic heterocycles. The van der Waals surface area contributed by atoms with Crippen molar-refractivity contribution in [2.75, 3.05) is 0 Å². The molecular formula is C21H16O2. The Balaban J connectivity index is 0.000000140. The van der Waals surface area contributed by atoms with Crippen molar-refractivity contribution in [2.24, 2.45) is 0 Å². The molecule has 0 fully saturated rings. The van der Waals surface area contributed by atoms with Gasteiger partial charge in [0.15, 0.2) is 0 Å². The molecule has 23 heavy (non-hydrogen) atoms. The second kappa shape index (κ2) is 6.75. The molecule has 0 bridgehead atoms. The molecule has 0 saturated heterocycles. The van der Waals surface area contributed by atoms with Gasteiger partial charge in [-0.3, -0.25) is 0 Å². The van der Waals surface area contributed by atoms with Crippen molar-refractivity contribution in [1.82, 2.24) is 0 Å². The van der Waals surface area contributed by atoms with Crippen LogP contribution in [-0.4, -0.2) is 11.1 Å². The lowest BCUT2D eigenvalue weighted by atomic mass is 10.1. The molecule has 2 heteroatoms. The van der Waals surface area contributed by atoms with E-state index in [1.807, 2.05) is 30.3 Å². The van der Waals surface area contributed by atoms with Gasteiger partial charge in [-0.2, -0.15) is 0 Å². The quantitative estimate of drug-likeness (QED) is 0.512. The highest BCUT2D eigenvalue weighted by atomic mass is 16.4. The fourth-order valence-corrected chi connectivity index (χ4v) is 2.46. The highest BCUT2D eigenvalue weighted by Crippen LogP contribution is 2.15. The van der Waals surface area contributed by atoms with Gasteiger partial charge in [-0.1, -0.05) is 78.9 Å². The summed E-state index contributed by atoms with van der Waals surface area (Å²) in [5.41, 5.74) is 0.332. The summed E-state index contributed by atoms with van der Waals surface area (Å²) in [6.07, 6.45) is 0. The largest absolute Gasteiger partial charge is 0.478 e. The minimum absolute atomic E-state index is 0.332. The molecule has 4 aromatic carbocycles. The summed E-state index contributed by atoms with van der Waals surface area (Å²) in [7, 11) is 0. The minimum atomic E-state index is -0.884. The number of rotatable bonds is 1. The van der Waals surface area contributed by atoms with Gasteiger partial charge in [0.05, 0.1) is 5.56 Å². The minimum Gasteiger partial charge on any atom is -0.478 e. The Bertz CT molecular complexity index is 892. The first-order valence-corrected chi connectivity index (χ1v) is 7.40. The molecule has 0 heterocycles. The average molecular weight is 300 g/mol. The van der Waals surface area contributed by atoms with Gasteiger partial charge in [-0.15, -0.1) is 0 Å². The van der Waals surface area contributed by atoms with E-state index in [4.69, 9.17) is 5.11 Å². The Morgan fingerprint density at radius 1 is 0.565 bits per heavy atom. The lowest BCUT2D eigenvalue weighted by molar-refractivity contribution is 0.0697. The summed E-state index contributed by atoms with van der Waals surface area (Å²) in [5.74, 6) is -0.884. The van der Waals surface area contributed by atoms with Crippen LogP contribution < -0.4 is 0 Å². The molecule has 4 rings (SSSR count). The van der Waals surface area contributed by atoms with E-state index in [0.29, 0.717) is 5.56 Å². The van der Waals surface area contributed by atoms with E-state index in [1.54, 1.807) is 12.1 Å². The fourth-order valence-electron chi connectivity index (χ4n) is 2.46. The third-order valence-electron chi connectivity index (χ3n) is 3.66. The molecule has 0 atom stereocenters. The summed E-state index contributed by atoms with van der Waals surface area (Å²) in [6.45, 7) is 0. The molecule has 0 aliphatic heterocycles. The third-order valence-corrected chi connectivity index (χ3v) is 3.66. The van der Waals surface area contributed by atoms with E-state index in [2.05, 4.69) is 48.5 Å². The molecule has 0 aliphatic carbocycles. The zero-order valence-electron chi connectivity index (χ0n) is 12.5. The van der Waals surface area contributed by atoms with Gasteiger partial charge < -0.3 is 5.11 Å². The summed E-state index contributed by atoms with van der Waals surface area (Å²) < 4.78 is 0. The van der Waals surface area contributed by atoms with Crippen LogP contribution in [0.1, 0.15) is 10.4 Å². The second-order valence-electron chi connectivity index (χ2n) is 5.21. The lowest BCUT2D eigenvalue weighted by Gasteiger charge is -1.98. The topological polar surface area (TPSA) is 37.3 Å². The van der Waals surface area contributed by atoms with E-state index in [1.165, 1.54) is 10.8 Å². The van der Waals surface area contributed by atoms with Crippen LogP contribution >= 0.6 is 0 Å². The first-order valence-electron chi connectivity index (χ1n) is 7.40. The summed E-state index contributed by atoms with van der Waals surface area (Å²) in [4.78, 5) is 10.6. The lowest BCUT2D eigenvalue weighted by Crippen LogP contribution is -1.94. The number of fused-ring (bicyclic) bond motifs is 2. The first-order chi connectivity index (χ1) is 11.2. The Morgan fingerprint density at radius 3 is 1.39 bits per heavy atom. The van der Waals surface area contributed by atoms with Crippen molar-refractivity contribution in [3.8, 4) is 0 Å². The average Bonchev–Trinajstić information content (AvgIpc) is 2.62. The van der Waals surface area contributed by atoms with Gasteiger partial charge in [-0.25, -0.2) is 4.79 Å². The van der Waals surface area contributed by atoms with Crippen molar-refractivity contribution in [1.29, 1.82) is 0 Å². The number of hydrogen-bond acceptors (Lipinski definition) is 1. The molecule has 0 radical (unpaired) electrons. The highest BCUT2D eigenvalue weighted by molar-refractivity contribution is 5.94. The van der Waals surface area contributed by atoms with E-state index in [0.717, 1.165) is 10.8 Å². The molecule has 2 nitrogen and oxygen atoms in total. The normalized spacial score (nSPS) is 10.1. The molecule has 1 N–H and O–H groups in total. The molecule has 0 spiro atoms. The number of carboxylic acid groups (broad SMARTS) is 1. The Morgan fingerprint density at radius 2 is 0.957 bits per heavy atom. The van der Waals surface area contributed by atoms with E-state index in [-0.39, 0.29) is 0 Å². The third kappa shape index (κ3) is 3.55. The molecule has 112 valence electrons. The summed E-state index contributed by atoms with van der Waals surface area (Å²) >= 11 is 0. The van der Waals surface area contributed by atoms with Gasteiger partial charge >= 0.3 is 5.97 Å². The maximum absolute atomic E-state index is 10.6. The zero-order valence-corrected chi connectivity index (χ0v) is 12.5. The van der Waals surface area contributed by atoms with Crippen molar-refractivity contribution in [3.63, 3.8) is 0 Å². The smallest absolute Gasteiger partial charge is 0.335 e. The van der Waals surface area contributed by atoms with Crippen LogP contribution in [0.5, 0.6) is 0 Å². The van der Waals surface area contributed by atoms with Crippen LogP contribution in [0, 0.1) is 0 Å². The predicted octanol–water partition coefficient (Wildman–Crippen LogP) is 5.38. The summed E-state index contributed by atoms with van der Waals surface area (Å²) in [5, 5.41) is 13.4. The van der Waals surface area contributed by atoms with Crippen molar-refractivity contribution >= 4 is 27.5 Å². The maximum atomic E-state index is 10.6. The van der Waals surface area contributed by atoms with Crippen LogP contribution in [0.3, 0.4) is 0 Å². The Labute approximate surface area is 134 Å². The van der Waals surface area contributed by atoms with Gasteiger partial charge in [0.25, 0.3) is 0 Å². The monoisotopic (exact) mass is 300 g/mol. The van der Waals surface area contributed by atoms with Gasteiger partial charge in [0, 0.05) is 0 Å². The second-order valence-corrected chi connectivity index (χ2v) is 5.21. The molecule has 0 amide bonds. The number of carboxylic acids is 1. The molecular weight excluding hydrogens is 284 g/mol. The van der Waals surface area contributed by atoms with Crippen LogP contribution in [0.25, 0.3) is 21.5 Å². The van der Waals surface area contributed by atoms with Crippen LogP contribution in [0.2, 0.25) is 0 Å². The summed E-state index contributed by atoms with van der Waals surface area (Å²) in [6, 6.07) is 29.5. The Hall–Kier alpha value is -3.13. The SMILES string of the molecule is O=C(O)c1ccc2ccccc2c1.c1ccc2ccccc2c1. The highest BCUT2D eigenvalue weighted by Gasteiger charge is 2.01. The fraction of sp³-hybridized carbons (Fsp3) is 0. The maximum Gasteiger partial charge on any atom is 0.335 e. The predicted molar refractivity (Wildman–Crippen MR) is 94.9 cm³/mol. The van der Waals surface area contributed by atoms with E-state index in [9.17, 15) is 4.79 Å². The Kier molecular flexibility index (Phi) is 4.34. The number of carbonyl (C=O) groups is 1.